The van der Waals surface area contributed by atoms with E-state index < -0.39 is 25.0 Å². The van der Waals surface area contributed by atoms with Gasteiger partial charge in [-0.1, -0.05) is 0 Å². The third-order valence-electron chi connectivity index (χ3n) is 1.99. The number of hydrogen-bond acceptors (Lipinski definition) is 1. The fourth-order valence-corrected chi connectivity index (χ4v) is 5.11. The molecule has 0 aliphatic rings. The molecule has 2 aromatic carbocycles. The molecule has 0 saturated heterocycles. The molecule has 0 amide bonds. The normalized spacial score (nSPS) is 9.14. The summed E-state index contributed by atoms with van der Waals surface area (Å²) in [6, 6.07) is 20.6. The van der Waals surface area contributed by atoms with Crippen LogP contribution in [0.4, 0.5) is 0 Å². The predicted octanol–water partition coefficient (Wildman–Crippen LogP) is 2.39. The standard InChI is InChI=1S/C6H6O.C6H5.Hg/c7-6-4-2-1-3-5-6;1-2-4-6-5-3-1;/h1-5,7H;1-5H;/q;;+1/p-1. The molecule has 0 aliphatic heterocycles. The Morgan fingerprint density at radius 1 is 0.714 bits per heavy atom. The Balaban J connectivity index is 1.96. The Labute approximate surface area is 96.8 Å². The first-order valence-corrected chi connectivity index (χ1v) is 9.66. The molecular weight excluding hydrogens is 361 g/mol. The Hall–Kier alpha value is -0.825. The van der Waals surface area contributed by atoms with E-state index in [9.17, 15) is 0 Å². The second-order valence-corrected chi connectivity index (χ2v) is 8.51. The molecule has 0 bridgehead atoms. The first-order chi connectivity index (χ1) is 6.95. The number of benzene rings is 2. The summed E-state index contributed by atoms with van der Waals surface area (Å²) in [5.74, 6) is 1.01. The van der Waals surface area contributed by atoms with Gasteiger partial charge in [-0.3, -0.25) is 0 Å². The van der Waals surface area contributed by atoms with Gasteiger partial charge in [0, 0.05) is 0 Å². The zero-order valence-corrected chi connectivity index (χ0v) is 13.4. The van der Waals surface area contributed by atoms with Crippen LogP contribution in [-0.4, -0.2) is 0 Å². The van der Waals surface area contributed by atoms with Crippen molar-refractivity contribution in [1.29, 1.82) is 0 Å². The molecule has 14 heavy (non-hydrogen) atoms. The molecule has 0 radical (unpaired) electrons. The maximum atomic E-state index is 5.81. The van der Waals surface area contributed by atoms with Gasteiger partial charge in [-0.15, -0.1) is 0 Å². The van der Waals surface area contributed by atoms with E-state index in [1.807, 2.05) is 36.4 Å². The van der Waals surface area contributed by atoms with Crippen LogP contribution in [0, 0.1) is 0 Å². The number of rotatable bonds is 3. The Morgan fingerprint density at radius 3 is 1.93 bits per heavy atom. The Kier molecular flexibility index (Phi) is 3.58. The zero-order chi connectivity index (χ0) is 9.64. The first kappa shape index (κ1) is 9.72. The van der Waals surface area contributed by atoms with E-state index in [0.29, 0.717) is 0 Å². The number of hydrogen-bond donors (Lipinski definition) is 0. The first-order valence-electron chi connectivity index (χ1n) is 4.67. The minimum absolute atomic E-state index is 1.01. The van der Waals surface area contributed by atoms with Crippen molar-refractivity contribution in [3.05, 3.63) is 60.7 Å². The summed E-state index contributed by atoms with van der Waals surface area (Å²) >= 11 is -1.35. The van der Waals surface area contributed by atoms with Crippen molar-refractivity contribution in [2.24, 2.45) is 0 Å². The Morgan fingerprint density at radius 2 is 1.29 bits per heavy atom. The molecule has 0 aliphatic carbocycles. The third kappa shape index (κ3) is 2.84. The van der Waals surface area contributed by atoms with Crippen LogP contribution >= 0.6 is 0 Å². The molecule has 0 spiro atoms. The summed E-state index contributed by atoms with van der Waals surface area (Å²) in [6.07, 6.45) is 0. The van der Waals surface area contributed by atoms with Gasteiger partial charge in [-0.05, 0) is 0 Å². The van der Waals surface area contributed by atoms with Crippen molar-refractivity contribution < 1.29 is 27.7 Å². The third-order valence-corrected chi connectivity index (χ3v) is 6.98. The summed E-state index contributed by atoms with van der Waals surface area (Å²) < 4.78 is 7.23. The van der Waals surface area contributed by atoms with Crippen LogP contribution in [0.3, 0.4) is 0 Å². The van der Waals surface area contributed by atoms with E-state index in [4.69, 9.17) is 2.64 Å². The second kappa shape index (κ2) is 5.15. The van der Waals surface area contributed by atoms with Crippen LogP contribution in [0.25, 0.3) is 0 Å². The van der Waals surface area contributed by atoms with E-state index in [2.05, 4.69) is 24.3 Å². The SMILES string of the molecule is c1ccc([O][Hg][c]2ccccc2)cc1. The molecule has 1 nitrogen and oxygen atoms in total. The quantitative estimate of drug-likeness (QED) is 0.754. The molecule has 66 valence electrons. The summed E-state index contributed by atoms with van der Waals surface area (Å²) in [7, 11) is 0. The monoisotopic (exact) mass is 372 g/mol. The van der Waals surface area contributed by atoms with Crippen molar-refractivity contribution in [1.82, 2.24) is 0 Å². The molecule has 0 atom stereocenters. The van der Waals surface area contributed by atoms with Crippen LogP contribution < -0.4 is 5.72 Å². The molecule has 0 heterocycles. The van der Waals surface area contributed by atoms with Crippen LogP contribution in [0.2, 0.25) is 0 Å². The molecule has 2 aromatic rings. The van der Waals surface area contributed by atoms with Gasteiger partial charge in [0.2, 0.25) is 0 Å². The van der Waals surface area contributed by atoms with Crippen molar-refractivity contribution in [2.45, 2.75) is 0 Å². The molecule has 2 heteroatoms. The summed E-state index contributed by atoms with van der Waals surface area (Å²) in [5.41, 5.74) is 0. The molecular formula is C12H10HgO. The van der Waals surface area contributed by atoms with Gasteiger partial charge in [0.25, 0.3) is 0 Å². The van der Waals surface area contributed by atoms with Crippen molar-refractivity contribution in [3.63, 3.8) is 0 Å². The van der Waals surface area contributed by atoms with Crippen LogP contribution in [0.1, 0.15) is 0 Å². The minimum atomic E-state index is -1.35. The van der Waals surface area contributed by atoms with Crippen LogP contribution in [-0.2, 0) is 25.0 Å². The fourth-order valence-electron chi connectivity index (χ4n) is 1.26. The van der Waals surface area contributed by atoms with Crippen molar-refractivity contribution >= 4 is 3.07 Å². The average molecular weight is 371 g/mol. The van der Waals surface area contributed by atoms with Gasteiger partial charge in [0.1, 0.15) is 0 Å². The molecule has 0 fully saturated rings. The van der Waals surface area contributed by atoms with Gasteiger partial charge < -0.3 is 0 Å². The van der Waals surface area contributed by atoms with Gasteiger partial charge in [-0.25, -0.2) is 0 Å². The topological polar surface area (TPSA) is 9.23 Å². The molecule has 0 unspecified atom stereocenters. The van der Waals surface area contributed by atoms with Gasteiger partial charge in [-0.2, -0.15) is 0 Å². The van der Waals surface area contributed by atoms with E-state index in [0.717, 1.165) is 5.75 Å². The molecule has 0 aromatic heterocycles. The van der Waals surface area contributed by atoms with Gasteiger partial charge >= 0.3 is 97.2 Å². The van der Waals surface area contributed by atoms with E-state index in [1.54, 1.807) is 0 Å². The maximum absolute atomic E-state index is 5.81. The van der Waals surface area contributed by atoms with E-state index in [1.165, 1.54) is 3.07 Å². The Bertz CT molecular complexity index is 333. The van der Waals surface area contributed by atoms with Gasteiger partial charge in [0.05, 0.1) is 0 Å². The van der Waals surface area contributed by atoms with Crippen molar-refractivity contribution in [3.8, 4) is 5.75 Å². The van der Waals surface area contributed by atoms with Gasteiger partial charge in [0.15, 0.2) is 0 Å². The van der Waals surface area contributed by atoms with Crippen molar-refractivity contribution in [2.75, 3.05) is 0 Å². The average Bonchev–Trinajstić information content (AvgIpc) is 2.29. The fraction of sp³-hybridized carbons (Fsp3) is 0. The summed E-state index contributed by atoms with van der Waals surface area (Å²) in [5, 5.41) is 0. The molecule has 0 N–H and O–H groups in total. The van der Waals surface area contributed by atoms with E-state index >= 15 is 0 Å². The molecule has 2 rings (SSSR count). The van der Waals surface area contributed by atoms with Crippen LogP contribution in [0.5, 0.6) is 5.75 Å². The summed E-state index contributed by atoms with van der Waals surface area (Å²) in [4.78, 5) is 0. The van der Waals surface area contributed by atoms with Crippen LogP contribution in [0.15, 0.2) is 60.7 Å². The second-order valence-electron chi connectivity index (χ2n) is 3.09. The van der Waals surface area contributed by atoms with E-state index in [-0.39, 0.29) is 0 Å². The zero-order valence-electron chi connectivity index (χ0n) is 7.89. The summed E-state index contributed by atoms with van der Waals surface area (Å²) in [6.45, 7) is 0. The predicted molar refractivity (Wildman–Crippen MR) is 53.1 cm³/mol. The molecule has 0 saturated carbocycles. The number of para-hydroxylation sites is 1.